The van der Waals surface area contributed by atoms with Gasteiger partial charge < -0.3 is 5.11 Å². The van der Waals surface area contributed by atoms with E-state index in [0.717, 1.165) is 11.0 Å². The van der Waals surface area contributed by atoms with Gasteiger partial charge in [-0.3, -0.25) is 0 Å². The molecule has 0 fully saturated rings. The van der Waals surface area contributed by atoms with Crippen LogP contribution in [0.5, 0.6) is 0 Å². The molecule has 0 aliphatic rings. The molecule has 1 aromatic rings. The van der Waals surface area contributed by atoms with Gasteiger partial charge in [-0.25, -0.2) is 4.79 Å². The largest absolute Gasteiger partial charge is 0.478 e. The number of carbonyl (C=O) groups is 1. The summed E-state index contributed by atoms with van der Waals surface area (Å²) in [5.74, 6) is -0.859. The van der Waals surface area contributed by atoms with E-state index in [1.54, 1.807) is 19.1 Å². The first-order valence-corrected chi connectivity index (χ1v) is 3.42. The predicted molar refractivity (Wildman–Crippen MR) is 46.3 cm³/mol. The van der Waals surface area contributed by atoms with Crippen LogP contribution in [-0.2, 0) is 0 Å². The molecule has 0 heterocycles. The highest BCUT2D eigenvalue weighted by Gasteiger charge is 2.04. The van der Waals surface area contributed by atoms with Crippen molar-refractivity contribution in [3.8, 4) is 0 Å². The monoisotopic (exact) mass is 148 g/mol. The van der Waals surface area contributed by atoms with Crippen LogP contribution in [0.4, 0.5) is 0 Å². The van der Waals surface area contributed by atoms with Crippen molar-refractivity contribution in [1.82, 2.24) is 0 Å². The summed E-state index contributed by atoms with van der Waals surface area (Å²) >= 11 is 0. The number of carboxylic acid groups (broad SMARTS) is 1. The summed E-state index contributed by atoms with van der Waals surface area (Å²) in [7, 11) is 1.94. The average Bonchev–Trinajstić information content (AvgIpc) is 1.85. The first-order chi connectivity index (χ1) is 5.11. The lowest BCUT2D eigenvalue weighted by molar-refractivity contribution is 0.0696. The predicted octanol–water partition coefficient (Wildman–Crippen LogP) is -0.0484. The average molecular weight is 148 g/mol. The highest BCUT2D eigenvalue weighted by atomic mass is 16.4. The molecule has 11 heavy (non-hydrogen) atoms. The van der Waals surface area contributed by atoms with Crippen molar-refractivity contribution >= 4 is 19.3 Å². The van der Waals surface area contributed by atoms with E-state index in [9.17, 15) is 4.79 Å². The van der Waals surface area contributed by atoms with E-state index in [2.05, 4.69) is 0 Å². The molecular formula is C8H9BO2. The number of hydrogen-bond donors (Lipinski definition) is 1. The molecule has 1 aromatic carbocycles. The molecule has 2 nitrogen and oxygen atoms in total. The van der Waals surface area contributed by atoms with Crippen molar-refractivity contribution in [2.24, 2.45) is 0 Å². The molecule has 3 heteroatoms. The van der Waals surface area contributed by atoms with E-state index in [1.165, 1.54) is 0 Å². The summed E-state index contributed by atoms with van der Waals surface area (Å²) in [5.41, 5.74) is 2.29. The number of carboxylic acids is 1. The molecule has 0 unspecified atom stereocenters. The van der Waals surface area contributed by atoms with Crippen LogP contribution in [0.1, 0.15) is 15.9 Å². The number of benzene rings is 1. The molecule has 0 bridgehead atoms. The van der Waals surface area contributed by atoms with Crippen molar-refractivity contribution in [3.63, 3.8) is 0 Å². The maximum atomic E-state index is 10.5. The molecule has 0 spiro atoms. The molecule has 0 aromatic heterocycles. The summed E-state index contributed by atoms with van der Waals surface area (Å²) in [6.45, 7) is 1.80. The van der Waals surface area contributed by atoms with E-state index in [-0.39, 0.29) is 0 Å². The molecule has 0 amide bonds. The van der Waals surface area contributed by atoms with Crippen molar-refractivity contribution < 1.29 is 9.90 Å². The van der Waals surface area contributed by atoms with Gasteiger partial charge in [-0.15, -0.1) is 0 Å². The second kappa shape index (κ2) is 2.78. The fourth-order valence-electron chi connectivity index (χ4n) is 1.05. The molecule has 0 saturated heterocycles. The Morgan fingerprint density at radius 1 is 1.55 bits per heavy atom. The third-order valence-corrected chi connectivity index (χ3v) is 1.61. The first kappa shape index (κ1) is 7.86. The number of aryl methyl sites for hydroxylation is 1. The Kier molecular flexibility index (Phi) is 1.99. The lowest BCUT2D eigenvalue weighted by atomic mass is 9.92. The Balaban J connectivity index is 3.20. The molecule has 1 N–H and O–H groups in total. The molecule has 0 atom stereocenters. The summed E-state index contributed by atoms with van der Waals surface area (Å²) in [6, 6.07) is 5.30. The minimum absolute atomic E-state index is 0.385. The Hall–Kier alpha value is -1.25. The first-order valence-electron chi connectivity index (χ1n) is 3.42. The number of hydrogen-bond acceptors (Lipinski definition) is 1. The van der Waals surface area contributed by atoms with Crippen LogP contribution in [0.3, 0.4) is 0 Å². The molecule has 0 radical (unpaired) electrons. The summed E-state index contributed by atoms with van der Waals surface area (Å²) in [6.07, 6.45) is 0. The number of rotatable bonds is 1. The van der Waals surface area contributed by atoms with Crippen LogP contribution >= 0.6 is 0 Å². The maximum Gasteiger partial charge on any atom is 0.335 e. The Bertz CT molecular complexity index is 294. The van der Waals surface area contributed by atoms with Gasteiger partial charge in [-0.05, 0) is 18.6 Å². The van der Waals surface area contributed by atoms with Gasteiger partial charge in [0.15, 0.2) is 0 Å². The smallest absolute Gasteiger partial charge is 0.335 e. The minimum Gasteiger partial charge on any atom is -0.478 e. The second-order valence-corrected chi connectivity index (χ2v) is 2.62. The zero-order chi connectivity index (χ0) is 8.43. The Labute approximate surface area is 66.3 Å². The highest BCUT2D eigenvalue weighted by Crippen LogP contribution is 2.04. The summed E-state index contributed by atoms with van der Waals surface area (Å²) in [4.78, 5) is 10.5. The fourth-order valence-corrected chi connectivity index (χ4v) is 1.05. The van der Waals surface area contributed by atoms with Crippen molar-refractivity contribution in [3.05, 3.63) is 29.3 Å². The van der Waals surface area contributed by atoms with Gasteiger partial charge in [-0.2, -0.15) is 0 Å². The summed E-state index contributed by atoms with van der Waals surface area (Å²) < 4.78 is 0. The van der Waals surface area contributed by atoms with E-state index < -0.39 is 5.97 Å². The van der Waals surface area contributed by atoms with Gasteiger partial charge in [-0.1, -0.05) is 17.6 Å². The van der Waals surface area contributed by atoms with Gasteiger partial charge in [0.05, 0.1) is 5.56 Å². The van der Waals surface area contributed by atoms with E-state index >= 15 is 0 Å². The topological polar surface area (TPSA) is 37.3 Å². The number of aromatic carboxylic acids is 1. The van der Waals surface area contributed by atoms with Gasteiger partial charge in [0.2, 0.25) is 0 Å². The van der Waals surface area contributed by atoms with Crippen LogP contribution in [0.25, 0.3) is 0 Å². The molecule has 56 valence electrons. The van der Waals surface area contributed by atoms with E-state index in [1.807, 2.05) is 13.9 Å². The Morgan fingerprint density at radius 2 is 2.18 bits per heavy atom. The van der Waals surface area contributed by atoms with Crippen LogP contribution < -0.4 is 5.46 Å². The molecule has 0 aliphatic heterocycles. The van der Waals surface area contributed by atoms with Crippen LogP contribution in [0.2, 0.25) is 0 Å². The van der Waals surface area contributed by atoms with Gasteiger partial charge in [0.1, 0.15) is 7.85 Å². The lowest BCUT2D eigenvalue weighted by Crippen LogP contribution is -2.07. The highest BCUT2D eigenvalue weighted by molar-refractivity contribution is 6.32. The van der Waals surface area contributed by atoms with Crippen molar-refractivity contribution in [2.75, 3.05) is 0 Å². The second-order valence-electron chi connectivity index (χ2n) is 2.62. The molecule has 0 saturated carbocycles. The minimum atomic E-state index is -0.859. The zero-order valence-electron chi connectivity index (χ0n) is 6.59. The van der Waals surface area contributed by atoms with Crippen LogP contribution in [0.15, 0.2) is 18.2 Å². The van der Waals surface area contributed by atoms with Crippen molar-refractivity contribution in [1.29, 1.82) is 0 Å². The fraction of sp³-hybridized carbons (Fsp3) is 0.125. The van der Waals surface area contributed by atoms with Gasteiger partial charge >= 0.3 is 5.97 Å². The van der Waals surface area contributed by atoms with Gasteiger partial charge in [0.25, 0.3) is 0 Å². The lowest BCUT2D eigenvalue weighted by Gasteiger charge is -2.00. The van der Waals surface area contributed by atoms with Crippen LogP contribution in [-0.4, -0.2) is 18.9 Å². The zero-order valence-corrected chi connectivity index (χ0v) is 6.59. The van der Waals surface area contributed by atoms with E-state index in [4.69, 9.17) is 5.11 Å². The molecule has 1 rings (SSSR count). The SMILES string of the molecule is Bc1ccc(C(=O)O)c(C)c1. The van der Waals surface area contributed by atoms with Crippen LogP contribution in [0, 0.1) is 6.92 Å². The standard InChI is InChI=1S/C8H9BO2/c1-5-4-6(9)2-3-7(5)8(10)11/h2-4H,9H2,1H3,(H,10,11). The van der Waals surface area contributed by atoms with E-state index in [0.29, 0.717) is 5.56 Å². The molecular weight excluding hydrogens is 139 g/mol. The van der Waals surface area contributed by atoms with Crippen molar-refractivity contribution in [2.45, 2.75) is 6.92 Å². The third-order valence-electron chi connectivity index (χ3n) is 1.61. The normalized spacial score (nSPS) is 9.55. The maximum absolute atomic E-state index is 10.5. The Morgan fingerprint density at radius 3 is 2.64 bits per heavy atom. The summed E-state index contributed by atoms with van der Waals surface area (Å²) in [5, 5.41) is 8.66. The molecule has 0 aliphatic carbocycles. The van der Waals surface area contributed by atoms with Gasteiger partial charge in [0, 0.05) is 0 Å². The quantitative estimate of drug-likeness (QED) is 0.567. The third kappa shape index (κ3) is 1.61.